The van der Waals surface area contributed by atoms with Gasteiger partial charge in [-0.2, -0.15) is 9.78 Å². The first-order chi connectivity index (χ1) is 6.59. The highest BCUT2D eigenvalue weighted by Crippen LogP contribution is 2.06. The number of fused-ring (bicyclic) bond motifs is 1. The van der Waals surface area contributed by atoms with E-state index in [1.807, 2.05) is 0 Å². The molecule has 0 radical (unpaired) electrons. The Kier molecular flexibility index (Phi) is 1.77. The lowest BCUT2D eigenvalue weighted by atomic mass is 10.3. The summed E-state index contributed by atoms with van der Waals surface area (Å²) in [6.45, 7) is 5.31. The van der Waals surface area contributed by atoms with Crippen LogP contribution in [-0.4, -0.2) is 15.5 Å². The van der Waals surface area contributed by atoms with Gasteiger partial charge in [0.2, 0.25) is 5.95 Å². The second-order valence-corrected chi connectivity index (χ2v) is 3.21. The minimum Gasteiger partial charge on any atom is -0.274 e. The fourth-order valence-electron chi connectivity index (χ4n) is 1.21. The third-order valence-electron chi connectivity index (χ3n) is 2.15. The van der Waals surface area contributed by atoms with Crippen molar-refractivity contribution in [1.82, 2.24) is 9.66 Å². The van der Waals surface area contributed by atoms with E-state index < -0.39 is 0 Å². The molecule has 74 valence electrons. The molecule has 0 saturated carbocycles. The maximum atomic E-state index is 11.7. The largest absolute Gasteiger partial charge is 0.277 e. The molecule has 0 atom stereocenters. The first-order valence-corrected chi connectivity index (χ1v) is 4.27. The fourth-order valence-corrected chi connectivity index (χ4v) is 1.21. The number of hydrazone groups is 1. The SMILES string of the molecule is CC1=NNc2nc(C)c(C)c(=O)n2N1. The summed E-state index contributed by atoms with van der Waals surface area (Å²) >= 11 is 0. The maximum absolute atomic E-state index is 11.7. The number of aryl methyl sites for hydroxylation is 1. The van der Waals surface area contributed by atoms with Crippen LogP contribution in [0.3, 0.4) is 0 Å². The third kappa shape index (κ3) is 1.15. The molecule has 2 N–H and O–H groups in total. The van der Waals surface area contributed by atoms with E-state index in [2.05, 4.69) is 20.9 Å². The summed E-state index contributed by atoms with van der Waals surface area (Å²) in [6.07, 6.45) is 0. The van der Waals surface area contributed by atoms with Crippen molar-refractivity contribution < 1.29 is 0 Å². The molecule has 14 heavy (non-hydrogen) atoms. The molecule has 2 heterocycles. The van der Waals surface area contributed by atoms with Crippen molar-refractivity contribution in [2.45, 2.75) is 20.8 Å². The molecule has 0 fully saturated rings. The number of hydrogen-bond donors (Lipinski definition) is 2. The highest BCUT2D eigenvalue weighted by molar-refractivity contribution is 5.88. The predicted octanol–water partition coefficient (Wildman–Crippen LogP) is 0.163. The number of amidine groups is 1. The zero-order chi connectivity index (χ0) is 10.3. The van der Waals surface area contributed by atoms with E-state index in [1.165, 1.54) is 4.68 Å². The van der Waals surface area contributed by atoms with Gasteiger partial charge in [-0.15, -0.1) is 0 Å². The van der Waals surface area contributed by atoms with Gasteiger partial charge in [0.05, 0.1) is 0 Å². The van der Waals surface area contributed by atoms with Crippen molar-refractivity contribution >= 4 is 11.8 Å². The number of anilines is 1. The van der Waals surface area contributed by atoms with Gasteiger partial charge in [0.1, 0.15) is 5.84 Å². The van der Waals surface area contributed by atoms with Crippen molar-refractivity contribution in [2.24, 2.45) is 5.10 Å². The lowest BCUT2D eigenvalue weighted by molar-refractivity contribution is 0.823. The molecule has 0 unspecified atom stereocenters. The molecule has 1 aromatic rings. The molecule has 0 aromatic carbocycles. The lowest BCUT2D eigenvalue weighted by Crippen LogP contribution is -2.39. The van der Waals surface area contributed by atoms with Gasteiger partial charge in [-0.25, -0.2) is 10.4 Å². The molecule has 0 aliphatic carbocycles. The van der Waals surface area contributed by atoms with Crippen molar-refractivity contribution in [1.29, 1.82) is 0 Å². The maximum Gasteiger partial charge on any atom is 0.277 e. The zero-order valence-corrected chi connectivity index (χ0v) is 8.25. The van der Waals surface area contributed by atoms with Crippen LogP contribution in [0.1, 0.15) is 18.2 Å². The second-order valence-electron chi connectivity index (χ2n) is 3.21. The van der Waals surface area contributed by atoms with Gasteiger partial charge in [-0.3, -0.25) is 10.2 Å². The molecular formula is C8H11N5O. The quantitative estimate of drug-likeness (QED) is 0.615. The van der Waals surface area contributed by atoms with Crippen LogP contribution in [0.2, 0.25) is 0 Å². The second kappa shape index (κ2) is 2.83. The number of rotatable bonds is 0. The van der Waals surface area contributed by atoms with Crippen molar-refractivity contribution in [3.63, 3.8) is 0 Å². The van der Waals surface area contributed by atoms with Crippen LogP contribution in [-0.2, 0) is 0 Å². The van der Waals surface area contributed by atoms with E-state index >= 15 is 0 Å². The highest BCUT2D eigenvalue weighted by atomic mass is 16.1. The Balaban J connectivity index is 2.66. The van der Waals surface area contributed by atoms with Crippen LogP contribution >= 0.6 is 0 Å². The Morgan fingerprint density at radius 1 is 1.29 bits per heavy atom. The number of hydrogen-bond acceptors (Lipinski definition) is 5. The van der Waals surface area contributed by atoms with Gasteiger partial charge in [0.15, 0.2) is 0 Å². The van der Waals surface area contributed by atoms with Crippen LogP contribution in [0.5, 0.6) is 0 Å². The fraction of sp³-hybridized carbons (Fsp3) is 0.375. The molecule has 0 amide bonds. The number of aromatic nitrogens is 2. The molecule has 2 rings (SSSR count). The predicted molar refractivity (Wildman–Crippen MR) is 54.1 cm³/mol. The Bertz CT molecular complexity index is 473. The van der Waals surface area contributed by atoms with Gasteiger partial charge in [-0.1, -0.05) is 0 Å². The van der Waals surface area contributed by atoms with Crippen molar-refractivity contribution in [3.05, 3.63) is 21.6 Å². The smallest absolute Gasteiger partial charge is 0.274 e. The molecule has 0 bridgehead atoms. The average molecular weight is 193 g/mol. The summed E-state index contributed by atoms with van der Waals surface area (Å²) in [6, 6.07) is 0. The first-order valence-electron chi connectivity index (χ1n) is 4.27. The summed E-state index contributed by atoms with van der Waals surface area (Å²) in [5.74, 6) is 1.05. The number of nitrogens with one attached hydrogen (secondary N) is 2. The van der Waals surface area contributed by atoms with Crippen molar-refractivity contribution in [2.75, 3.05) is 10.9 Å². The molecule has 0 saturated heterocycles. The minimum atomic E-state index is -0.103. The molecule has 1 aromatic heterocycles. The zero-order valence-electron chi connectivity index (χ0n) is 8.25. The summed E-state index contributed by atoms with van der Waals surface area (Å²) in [4.78, 5) is 15.9. The van der Waals surface area contributed by atoms with Crippen LogP contribution in [0.25, 0.3) is 0 Å². The molecule has 1 aliphatic rings. The molecule has 6 heteroatoms. The van der Waals surface area contributed by atoms with Crippen LogP contribution in [0.15, 0.2) is 9.90 Å². The van der Waals surface area contributed by atoms with Gasteiger partial charge >= 0.3 is 0 Å². The van der Waals surface area contributed by atoms with Crippen LogP contribution < -0.4 is 16.4 Å². The van der Waals surface area contributed by atoms with E-state index in [1.54, 1.807) is 20.8 Å². The van der Waals surface area contributed by atoms with E-state index in [0.29, 0.717) is 23.0 Å². The lowest BCUT2D eigenvalue weighted by Gasteiger charge is -2.18. The van der Waals surface area contributed by atoms with Crippen LogP contribution in [0.4, 0.5) is 5.95 Å². The summed E-state index contributed by atoms with van der Waals surface area (Å²) in [7, 11) is 0. The molecule has 1 aliphatic heterocycles. The third-order valence-corrected chi connectivity index (χ3v) is 2.15. The Hall–Kier alpha value is -1.85. The van der Waals surface area contributed by atoms with Gasteiger partial charge in [0.25, 0.3) is 5.56 Å². The summed E-state index contributed by atoms with van der Waals surface area (Å²) in [5.41, 5.74) is 6.77. The number of nitrogens with zero attached hydrogens (tertiary/aromatic N) is 3. The first kappa shape index (κ1) is 8.74. The van der Waals surface area contributed by atoms with Gasteiger partial charge in [-0.05, 0) is 20.8 Å². The van der Waals surface area contributed by atoms with Crippen LogP contribution in [0, 0.1) is 13.8 Å². The van der Waals surface area contributed by atoms with E-state index in [4.69, 9.17) is 0 Å². The highest BCUT2D eigenvalue weighted by Gasteiger charge is 2.14. The Morgan fingerprint density at radius 3 is 2.71 bits per heavy atom. The van der Waals surface area contributed by atoms with Crippen molar-refractivity contribution in [3.8, 4) is 0 Å². The van der Waals surface area contributed by atoms with Gasteiger partial charge in [0, 0.05) is 11.3 Å². The average Bonchev–Trinajstić information content (AvgIpc) is 2.16. The summed E-state index contributed by atoms with van der Waals surface area (Å²) < 4.78 is 1.35. The molecular weight excluding hydrogens is 182 g/mol. The van der Waals surface area contributed by atoms with E-state index in [0.717, 1.165) is 0 Å². The van der Waals surface area contributed by atoms with E-state index in [9.17, 15) is 4.79 Å². The standard InChI is InChI=1S/C8H11N5O/c1-4-5(2)9-8-11-10-6(3)12-13(8)7(4)14/h1-3H3,(H,9,11)(H,10,12). The topological polar surface area (TPSA) is 71.3 Å². The summed E-state index contributed by atoms with van der Waals surface area (Å²) in [5, 5.41) is 3.92. The Morgan fingerprint density at radius 2 is 2.00 bits per heavy atom. The minimum absolute atomic E-state index is 0.103. The Labute approximate surface area is 80.6 Å². The van der Waals surface area contributed by atoms with E-state index in [-0.39, 0.29) is 5.56 Å². The van der Waals surface area contributed by atoms with Gasteiger partial charge < -0.3 is 0 Å². The monoisotopic (exact) mass is 193 g/mol. The normalized spacial score (nSPS) is 13.8. The molecule has 6 nitrogen and oxygen atoms in total. The molecule has 0 spiro atoms.